The summed E-state index contributed by atoms with van der Waals surface area (Å²) in [5, 5.41) is 25.3. The highest BCUT2D eigenvalue weighted by molar-refractivity contribution is 5.98. The second-order valence-electron chi connectivity index (χ2n) is 11.3. The number of carbonyl (C=O) groups is 4. The third-order valence-electron chi connectivity index (χ3n) is 7.61. The van der Waals surface area contributed by atoms with Crippen molar-refractivity contribution < 1.29 is 42.5 Å². The standard InChI is InChI=1S/C34H35F2N7O7/c1-20-30-41-29(22-5-3-2-4-6-22)42-43(30)18-28(45)37-15-16-49-24-11-7-21(8-12-24)17-26(32(47)40-27(19-44)33(48)38-20)39-31(46)23-9-13-25(14-10-23)50-34(35)36/h2-14,20,26-27,34,44H,15-19H2,1H3,(H,37,45)(H,38,48)(H,39,46)(H,40,47)/t20-,26-,27-/m0/s1. The third-order valence-corrected chi connectivity index (χ3v) is 7.61. The molecule has 0 saturated heterocycles. The first-order chi connectivity index (χ1) is 24.1. The first-order valence-corrected chi connectivity index (χ1v) is 15.7. The Morgan fingerprint density at radius 3 is 2.42 bits per heavy atom. The number of aliphatic hydroxyl groups excluding tert-OH is 1. The summed E-state index contributed by atoms with van der Waals surface area (Å²) in [6.07, 6.45) is -0.0258. The predicted octanol–water partition coefficient (Wildman–Crippen LogP) is 1.75. The van der Waals surface area contributed by atoms with E-state index in [1.165, 1.54) is 28.9 Å². The number of carbonyl (C=O) groups excluding carboxylic acids is 4. The van der Waals surface area contributed by atoms with Gasteiger partial charge in [0.25, 0.3) is 5.91 Å². The number of hydrogen-bond acceptors (Lipinski definition) is 9. The number of fused-ring (bicyclic) bond motifs is 14. The van der Waals surface area contributed by atoms with Gasteiger partial charge in [0, 0.05) is 17.5 Å². The van der Waals surface area contributed by atoms with E-state index in [2.05, 4.69) is 36.1 Å². The van der Waals surface area contributed by atoms with E-state index in [0.717, 1.165) is 0 Å². The number of ether oxygens (including phenoxy) is 2. The lowest BCUT2D eigenvalue weighted by Crippen LogP contribution is -2.55. The molecule has 3 aromatic carbocycles. The molecule has 1 aromatic heterocycles. The quantitative estimate of drug-likeness (QED) is 0.201. The number of nitrogens with zero attached hydrogens (tertiary/aromatic N) is 3. The highest BCUT2D eigenvalue weighted by Gasteiger charge is 2.29. The van der Waals surface area contributed by atoms with Crippen LogP contribution in [-0.4, -0.2) is 82.0 Å². The Bertz CT molecular complexity index is 1790. The van der Waals surface area contributed by atoms with Gasteiger partial charge in [-0.2, -0.15) is 13.9 Å². The summed E-state index contributed by atoms with van der Waals surface area (Å²) >= 11 is 0. The van der Waals surface area contributed by atoms with Crippen LogP contribution in [0.4, 0.5) is 8.78 Å². The largest absolute Gasteiger partial charge is 0.492 e. The number of alkyl halides is 2. The fourth-order valence-corrected chi connectivity index (χ4v) is 5.09. The van der Waals surface area contributed by atoms with E-state index in [1.54, 1.807) is 43.3 Å². The van der Waals surface area contributed by atoms with Gasteiger partial charge in [0.2, 0.25) is 17.7 Å². The summed E-state index contributed by atoms with van der Waals surface area (Å²) in [6.45, 7) is -2.08. The van der Waals surface area contributed by atoms with Gasteiger partial charge in [0.1, 0.15) is 42.6 Å². The van der Waals surface area contributed by atoms with E-state index >= 15 is 0 Å². The molecule has 2 aliphatic rings. The van der Waals surface area contributed by atoms with Crippen molar-refractivity contribution in [3.05, 3.63) is 95.8 Å². The number of nitrogens with one attached hydrogen (secondary N) is 4. The predicted molar refractivity (Wildman–Crippen MR) is 174 cm³/mol. The molecule has 262 valence electrons. The van der Waals surface area contributed by atoms with Gasteiger partial charge in [0.05, 0.1) is 19.2 Å². The van der Waals surface area contributed by atoms with E-state index in [9.17, 15) is 33.1 Å². The second-order valence-corrected chi connectivity index (χ2v) is 11.3. The molecule has 0 radical (unpaired) electrons. The van der Waals surface area contributed by atoms with Gasteiger partial charge in [-0.05, 0) is 48.9 Å². The van der Waals surface area contributed by atoms with E-state index in [1.807, 2.05) is 18.2 Å². The molecule has 6 rings (SSSR count). The molecule has 4 aromatic rings. The van der Waals surface area contributed by atoms with Gasteiger partial charge in [0.15, 0.2) is 5.82 Å². The van der Waals surface area contributed by atoms with Crippen molar-refractivity contribution in [1.29, 1.82) is 0 Å². The van der Waals surface area contributed by atoms with Crippen LogP contribution in [0.1, 0.15) is 34.7 Å². The molecule has 3 atom stereocenters. The Labute approximate surface area is 285 Å². The molecule has 2 bridgehead atoms. The third kappa shape index (κ3) is 9.37. The topological polar surface area (TPSA) is 186 Å². The molecule has 5 N–H and O–H groups in total. The number of amides is 4. The molecule has 4 amide bonds. The fraction of sp³-hybridized carbons (Fsp3) is 0.294. The Balaban J connectivity index is 1.40. The van der Waals surface area contributed by atoms with E-state index in [0.29, 0.717) is 22.7 Å². The first-order valence-electron chi connectivity index (χ1n) is 15.7. The zero-order chi connectivity index (χ0) is 35.6. The van der Waals surface area contributed by atoms with Crippen LogP contribution >= 0.6 is 0 Å². The van der Waals surface area contributed by atoms with Crippen molar-refractivity contribution in [1.82, 2.24) is 36.0 Å². The lowest BCUT2D eigenvalue weighted by Gasteiger charge is -2.24. The molecule has 50 heavy (non-hydrogen) atoms. The van der Waals surface area contributed by atoms with Crippen molar-refractivity contribution in [3.8, 4) is 22.9 Å². The van der Waals surface area contributed by atoms with Crippen molar-refractivity contribution in [2.24, 2.45) is 0 Å². The van der Waals surface area contributed by atoms with Crippen LogP contribution in [0, 0.1) is 0 Å². The van der Waals surface area contributed by atoms with Crippen molar-refractivity contribution >= 4 is 23.6 Å². The summed E-state index contributed by atoms with van der Waals surface area (Å²) in [5.74, 6) is -1.70. The van der Waals surface area contributed by atoms with Crippen LogP contribution in [0.25, 0.3) is 11.4 Å². The summed E-state index contributed by atoms with van der Waals surface area (Å²) in [4.78, 5) is 57.6. The number of halogens is 2. The fourth-order valence-electron chi connectivity index (χ4n) is 5.09. The summed E-state index contributed by atoms with van der Waals surface area (Å²) in [5.41, 5.74) is 1.36. The maximum Gasteiger partial charge on any atom is 0.387 e. The minimum Gasteiger partial charge on any atom is -0.492 e. The minimum atomic E-state index is -3.04. The van der Waals surface area contributed by atoms with Crippen LogP contribution in [0.2, 0.25) is 0 Å². The van der Waals surface area contributed by atoms with Crippen LogP contribution < -0.4 is 30.7 Å². The van der Waals surface area contributed by atoms with E-state index in [-0.39, 0.29) is 49.2 Å². The molecule has 16 heteroatoms. The number of aliphatic hydroxyl groups is 1. The Kier molecular flexibility index (Phi) is 11.7. The normalized spacial score (nSPS) is 19.0. The average Bonchev–Trinajstić information content (AvgIpc) is 3.53. The Morgan fingerprint density at radius 2 is 1.74 bits per heavy atom. The van der Waals surface area contributed by atoms with Gasteiger partial charge in [-0.1, -0.05) is 42.5 Å². The highest BCUT2D eigenvalue weighted by atomic mass is 19.3. The summed E-state index contributed by atoms with van der Waals surface area (Å²) in [7, 11) is 0. The molecule has 0 unspecified atom stereocenters. The second kappa shape index (κ2) is 16.5. The first kappa shape index (κ1) is 35.4. The Morgan fingerprint density at radius 1 is 1.02 bits per heavy atom. The summed E-state index contributed by atoms with van der Waals surface area (Å²) < 4.78 is 36.6. The Hall–Kier alpha value is -5.90. The molecule has 0 saturated carbocycles. The van der Waals surface area contributed by atoms with Crippen LogP contribution in [-0.2, 0) is 27.3 Å². The highest BCUT2D eigenvalue weighted by Crippen LogP contribution is 2.20. The van der Waals surface area contributed by atoms with Crippen LogP contribution in [0.3, 0.4) is 0 Å². The van der Waals surface area contributed by atoms with Crippen LogP contribution in [0.15, 0.2) is 78.9 Å². The van der Waals surface area contributed by atoms with Gasteiger partial charge in [-0.25, -0.2) is 9.67 Å². The molecule has 0 spiro atoms. The van der Waals surface area contributed by atoms with Crippen molar-refractivity contribution in [3.63, 3.8) is 0 Å². The van der Waals surface area contributed by atoms with E-state index in [4.69, 9.17) is 4.74 Å². The number of hydrogen-bond donors (Lipinski definition) is 5. The maximum absolute atomic E-state index is 13.6. The zero-order valence-electron chi connectivity index (χ0n) is 26.8. The number of aromatic nitrogens is 3. The monoisotopic (exact) mass is 691 g/mol. The van der Waals surface area contributed by atoms with Crippen molar-refractivity contribution in [2.45, 2.75) is 44.6 Å². The molecular formula is C34H35F2N7O7. The van der Waals surface area contributed by atoms with Crippen LogP contribution in [0.5, 0.6) is 11.5 Å². The van der Waals surface area contributed by atoms with Gasteiger partial charge < -0.3 is 35.8 Å². The van der Waals surface area contributed by atoms with E-state index < -0.39 is 49.1 Å². The molecule has 2 aliphatic heterocycles. The SMILES string of the molecule is C[C@@H]1NC(=O)[C@H](CO)NC(=O)[C@@H](NC(=O)c2ccc(OC(F)F)cc2)Cc2ccc(cc2)OCCNC(=O)Cn2nc(-c3ccccc3)nc21. The molecule has 3 heterocycles. The molecule has 0 fully saturated rings. The van der Waals surface area contributed by atoms with Gasteiger partial charge >= 0.3 is 6.61 Å². The smallest absolute Gasteiger partial charge is 0.387 e. The van der Waals surface area contributed by atoms with Gasteiger partial charge in [-0.15, -0.1) is 0 Å². The van der Waals surface area contributed by atoms with Crippen molar-refractivity contribution in [2.75, 3.05) is 19.8 Å². The average molecular weight is 692 g/mol. The summed E-state index contributed by atoms with van der Waals surface area (Å²) in [6, 6.07) is 17.1. The molecular weight excluding hydrogens is 656 g/mol. The molecule has 0 aliphatic carbocycles. The van der Waals surface area contributed by atoms with Gasteiger partial charge in [-0.3, -0.25) is 19.2 Å². The zero-order valence-corrected chi connectivity index (χ0v) is 26.8. The molecule has 14 nitrogen and oxygen atoms in total. The number of rotatable bonds is 6. The minimum absolute atomic E-state index is 0.0258. The maximum atomic E-state index is 13.6. The lowest BCUT2D eigenvalue weighted by atomic mass is 10.0. The lowest BCUT2D eigenvalue weighted by molar-refractivity contribution is -0.131. The number of benzene rings is 3.